The van der Waals surface area contributed by atoms with Gasteiger partial charge in [0.15, 0.2) is 17.3 Å². The number of aryl methyl sites for hydroxylation is 1. The Hall–Kier alpha value is -3.63. The molecule has 0 spiro atoms. The van der Waals surface area contributed by atoms with E-state index >= 15 is 0 Å². The second kappa shape index (κ2) is 11.9. The smallest absolute Gasteiger partial charge is 0.283 e. The topological polar surface area (TPSA) is 106 Å². The summed E-state index contributed by atoms with van der Waals surface area (Å²) in [6.07, 6.45) is 2.32. The zero-order chi connectivity index (χ0) is 25.5. The molecule has 188 valence electrons. The Morgan fingerprint density at radius 3 is 2.50 bits per heavy atom. The lowest BCUT2D eigenvalue weighted by Gasteiger charge is -2.20. The molecule has 0 saturated heterocycles. The first-order chi connectivity index (χ1) is 17.5. The fourth-order valence-electron chi connectivity index (χ4n) is 3.40. The number of ether oxygens (including phenoxy) is 4. The molecular weight excluding hydrogens is 480 g/mol. The predicted molar refractivity (Wildman–Crippen MR) is 141 cm³/mol. The number of hydrogen-bond acceptors (Lipinski definition) is 8. The van der Waals surface area contributed by atoms with E-state index in [4.69, 9.17) is 24.4 Å². The van der Waals surface area contributed by atoms with Crippen molar-refractivity contribution >= 4 is 39.8 Å². The molecule has 2 aromatic carbocycles. The van der Waals surface area contributed by atoms with Gasteiger partial charge in [-0.1, -0.05) is 30.7 Å². The van der Waals surface area contributed by atoms with E-state index in [1.165, 1.54) is 22.3 Å². The average Bonchev–Trinajstić information content (AvgIpc) is 3.30. The number of hydrazone groups is 1. The van der Waals surface area contributed by atoms with E-state index in [0.29, 0.717) is 55.1 Å². The van der Waals surface area contributed by atoms with Gasteiger partial charge in [0, 0.05) is 0 Å². The summed E-state index contributed by atoms with van der Waals surface area (Å²) in [5.41, 5.74) is 2.03. The second-order valence-electron chi connectivity index (χ2n) is 7.90. The third-order valence-electron chi connectivity index (χ3n) is 5.30. The molecule has 2 aromatic rings. The molecule has 0 aromatic heterocycles. The highest BCUT2D eigenvalue weighted by Gasteiger charge is 2.35. The van der Waals surface area contributed by atoms with Gasteiger partial charge in [-0.2, -0.15) is 15.1 Å². The molecule has 1 amide bonds. The number of methoxy groups -OCH3 is 1. The fourth-order valence-corrected chi connectivity index (χ4v) is 4.22. The van der Waals surface area contributed by atoms with E-state index in [1.54, 1.807) is 31.4 Å². The SMILES string of the molecule is CCC1=NN2C(=N)/C(=C/c3ccc(OCCOCCOc4ccc(C)cc4)c(OC)c3)C(=O)N=C2S1. The van der Waals surface area contributed by atoms with Crippen molar-refractivity contribution in [3.05, 3.63) is 59.2 Å². The van der Waals surface area contributed by atoms with Crippen molar-refractivity contribution in [1.29, 1.82) is 5.41 Å². The van der Waals surface area contributed by atoms with Crippen molar-refractivity contribution in [2.45, 2.75) is 20.3 Å². The number of nitrogens with zero attached hydrogens (tertiary/aromatic N) is 3. The lowest BCUT2D eigenvalue weighted by Crippen LogP contribution is -2.35. The molecule has 1 N–H and O–H groups in total. The molecule has 0 bridgehead atoms. The molecule has 0 fully saturated rings. The van der Waals surface area contributed by atoms with Gasteiger partial charge in [-0.15, -0.1) is 0 Å². The zero-order valence-electron chi connectivity index (χ0n) is 20.4. The Balaban J connectivity index is 1.29. The van der Waals surface area contributed by atoms with Crippen LogP contribution < -0.4 is 14.2 Å². The lowest BCUT2D eigenvalue weighted by molar-refractivity contribution is -0.114. The summed E-state index contributed by atoms with van der Waals surface area (Å²) in [7, 11) is 1.55. The highest BCUT2D eigenvalue weighted by Crippen LogP contribution is 2.32. The number of carbonyl (C=O) groups excluding carboxylic acids is 1. The minimum Gasteiger partial charge on any atom is -0.493 e. The molecule has 36 heavy (non-hydrogen) atoms. The van der Waals surface area contributed by atoms with Gasteiger partial charge in [0.2, 0.25) is 5.17 Å². The summed E-state index contributed by atoms with van der Waals surface area (Å²) in [5.74, 6) is 1.42. The van der Waals surface area contributed by atoms with Crippen LogP contribution in [-0.2, 0) is 9.53 Å². The fraction of sp³-hybridized carbons (Fsp3) is 0.308. The van der Waals surface area contributed by atoms with Crippen molar-refractivity contribution in [2.24, 2.45) is 10.1 Å². The number of carbonyl (C=O) groups is 1. The molecule has 0 saturated carbocycles. The van der Waals surface area contributed by atoms with Crippen LogP contribution in [0.15, 0.2) is 58.1 Å². The number of rotatable bonds is 11. The zero-order valence-corrected chi connectivity index (χ0v) is 21.3. The summed E-state index contributed by atoms with van der Waals surface area (Å²) < 4.78 is 22.5. The molecule has 0 unspecified atom stereocenters. The van der Waals surface area contributed by atoms with Gasteiger partial charge in [0.05, 0.1) is 25.9 Å². The Morgan fingerprint density at radius 2 is 1.78 bits per heavy atom. The first-order valence-corrected chi connectivity index (χ1v) is 12.4. The van der Waals surface area contributed by atoms with Crippen LogP contribution >= 0.6 is 11.8 Å². The molecule has 0 atom stereocenters. The van der Waals surface area contributed by atoms with E-state index in [-0.39, 0.29) is 11.4 Å². The van der Waals surface area contributed by atoms with Gasteiger partial charge in [-0.05, 0) is 61.0 Å². The Kier molecular flexibility index (Phi) is 8.40. The maximum Gasteiger partial charge on any atom is 0.283 e. The number of fused-ring (bicyclic) bond motifs is 1. The summed E-state index contributed by atoms with van der Waals surface area (Å²) in [5, 5.41) is 15.4. The Labute approximate surface area is 214 Å². The van der Waals surface area contributed by atoms with Crippen LogP contribution in [0.3, 0.4) is 0 Å². The number of aliphatic imine (C=N–C) groups is 1. The van der Waals surface area contributed by atoms with Crippen molar-refractivity contribution in [3.63, 3.8) is 0 Å². The number of amides is 1. The van der Waals surface area contributed by atoms with Crippen molar-refractivity contribution in [2.75, 3.05) is 33.5 Å². The molecule has 2 aliphatic heterocycles. The van der Waals surface area contributed by atoms with Crippen LogP contribution in [0.2, 0.25) is 0 Å². The summed E-state index contributed by atoms with van der Waals surface area (Å²) in [6.45, 7) is 5.64. The second-order valence-corrected chi connectivity index (χ2v) is 8.94. The highest BCUT2D eigenvalue weighted by molar-refractivity contribution is 8.26. The van der Waals surface area contributed by atoms with Crippen LogP contribution in [0.25, 0.3) is 6.08 Å². The maximum atomic E-state index is 12.5. The first-order valence-electron chi connectivity index (χ1n) is 11.6. The molecule has 9 nitrogen and oxygen atoms in total. The van der Waals surface area contributed by atoms with E-state index < -0.39 is 5.91 Å². The van der Waals surface area contributed by atoms with Crippen LogP contribution in [0.4, 0.5) is 0 Å². The number of hydrogen-bond donors (Lipinski definition) is 1. The molecule has 2 aliphatic rings. The number of thioether (sulfide) groups is 1. The minimum absolute atomic E-state index is 0.00347. The van der Waals surface area contributed by atoms with Crippen LogP contribution in [-0.4, -0.2) is 60.5 Å². The summed E-state index contributed by atoms with van der Waals surface area (Å²) >= 11 is 1.31. The van der Waals surface area contributed by atoms with E-state index in [0.717, 1.165) is 10.8 Å². The molecule has 4 rings (SSSR count). The van der Waals surface area contributed by atoms with E-state index in [2.05, 4.69) is 10.1 Å². The normalized spacial score (nSPS) is 16.1. The summed E-state index contributed by atoms with van der Waals surface area (Å²) in [4.78, 5) is 16.6. The standard InChI is InChI=1S/C26H28N4O5S/c1-4-23-29-30-24(27)20(25(31)28-26(30)36-23)15-18-7-10-21(22(16-18)32-3)35-14-12-33-11-13-34-19-8-5-17(2)6-9-19/h5-10,15-16,27H,4,11-14H2,1-3H3/b20-15-,27-24?. The average molecular weight is 509 g/mol. The van der Waals surface area contributed by atoms with E-state index in [1.807, 2.05) is 38.1 Å². The molecule has 10 heteroatoms. The van der Waals surface area contributed by atoms with Gasteiger partial charge >= 0.3 is 0 Å². The van der Waals surface area contributed by atoms with Gasteiger partial charge in [-0.3, -0.25) is 10.2 Å². The van der Waals surface area contributed by atoms with Crippen molar-refractivity contribution in [1.82, 2.24) is 5.01 Å². The first kappa shape index (κ1) is 25.5. The van der Waals surface area contributed by atoms with E-state index in [9.17, 15) is 4.79 Å². The largest absolute Gasteiger partial charge is 0.493 e. The molecule has 0 aliphatic carbocycles. The highest BCUT2D eigenvalue weighted by atomic mass is 32.2. The minimum atomic E-state index is -0.464. The van der Waals surface area contributed by atoms with Gasteiger partial charge in [0.1, 0.15) is 24.0 Å². The quantitative estimate of drug-likeness (QED) is 0.352. The van der Waals surface area contributed by atoms with Crippen LogP contribution in [0.5, 0.6) is 17.2 Å². The lowest BCUT2D eigenvalue weighted by atomic mass is 10.1. The Morgan fingerprint density at radius 1 is 1.03 bits per heavy atom. The number of benzene rings is 2. The molecular formula is C26H28N4O5S. The van der Waals surface area contributed by atoms with Gasteiger partial charge < -0.3 is 18.9 Å². The molecule has 0 radical (unpaired) electrons. The van der Waals surface area contributed by atoms with Crippen LogP contribution in [0.1, 0.15) is 24.5 Å². The monoisotopic (exact) mass is 508 g/mol. The number of nitrogens with one attached hydrogen (secondary N) is 1. The maximum absolute atomic E-state index is 12.5. The molecule has 2 heterocycles. The summed E-state index contributed by atoms with van der Waals surface area (Å²) in [6, 6.07) is 13.2. The van der Waals surface area contributed by atoms with Crippen molar-refractivity contribution < 1.29 is 23.7 Å². The number of amidine groups is 2. The van der Waals surface area contributed by atoms with Crippen molar-refractivity contribution in [3.8, 4) is 17.2 Å². The third-order valence-corrected chi connectivity index (χ3v) is 6.35. The predicted octanol–water partition coefficient (Wildman–Crippen LogP) is 4.51. The van der Waals surface area contributed by atoms with Gasteiger partial charge in [-0.25, -0.2) is 0 Å². The Bertz CT molecular complexity index is 1220. The third kappa shape index (κ3) is 6.13. The van der Waals surface area contributed by atoms with Gasteiger partial charge in [0.25, 0.3) is 5.91 Å². The van der Waals surface area contributed by atoms with Crippen LogP contribution in [0, 0.1) is 12.3 Å².